The van der Waals surface area contributed by atoms with Gasteiger partial charge in [0.25, 0.3) is 0 Å². The number of piperidine rings is 1. The number of amides is 1. The number of hydrogen-bond acceptors (Lipinski definition) is 5. The lowest BCUT2D eigenvalue weighted by molar-refractivity contribution is -0.119. The predicted octanol–water partition coefficient (Wildman–Crippen LogP) is 0.315. The molecule has 0 radical (unpaired) electrons. The smallest absolute Gasteiger partial charge is 0.231 e. The number of nitrogens with zero attached hydrogens (tertiary/aromatic N) is 3. The van der Waals surface area contributed by atoms with Crippen LogP contribution in [-0.4, -0.2) is 41.5 Å². The molecular formula is C13H17N5O. The molecule has 0 unspecified atom stereocenters. The number of primary amides is 1. The van der Waals surface area contributed by atoms with E-state index in [4.69, 9.17) is 11.0 Å². The summed E-state index contributed by atoms with van der Waals surface area (Å²) in [5.41, 5.74) is 6.51. The first-order valence-electron chi connectivity index (χ1n) is 6.30. The topological polar surface area (TPSA) is 95.0 Å². The minimum atomic E-state index is -0.279. The monoisotopic (exact) mass is 259 g/mol. The van der Waals surface area contributed by atoms with E-state index in [1.807, 2.05) is 12.1 Å². The molecule has 1 aromatic rings. The van der Waals surface area contributed by atoms with Crippen LogP contribution in [0.4, 0.5) is 5.69 Å². The molecule has 1 saturated heterocycles. The van der Waals surface area contributed by atoms with Crippen LogP contribution in [0, 0.1) is 11.3 Å². The highest BCUT2D eigenvalue weighted by Crippen LogP contribution is 2.16. The maximum Gasteiger partial charge on any atom is 0.231 e. The van der Waals surface area contributed by atoms with Crippen LogP contribution in [0.25, 0.3) is 0 Å². The Labute approximate surface area is 112 Å². The Morgan fingerprint density at radius 1 is 1.58 bits per heavy atom. The van der Waals surface area contributed by atoms with Crippen molar-refractivity contribution in [2.75, 3.05) is 25.0 Å². The molecule has 0 aromatic carbocycles. The Morgan fingerprint density at radius 2 is 2.32 bits per heavy atom. The number of anilines is 1. The van der Waals surface area contributed by atoms with Crippen LogP contribution < -0.4 is 11.1 Å². The number of aromatic nitrogens is 1. The van der Waals surface area contributed by atoms with Gasteiger partial charge in [-0.3, -0.25) is 9.69 Å². The summed E-state index contributed by atoms with van der Waals surface area (Å²) in [6.45, 7) is 2.05. The first-order chi connectivity index (χ1) is 9.17. The summed E-state index contributed by atoms with van der Waals surface area (Å²) in [6.07, 6.45) is 3.54. The molecule has 1 aliphatic heterocycles. The van der Waals surface area contributed by atoms with E-state index in [1.54, 1.807) is 12.3 Å². The minimum Gasteiger partial charge on any atom is -0.382 e. The lowest BCUT2D eigenvalue weighted by Crippen LogP contribution is -2.42. The van der Waals surface area contributed by atoms with Gasteiger partial charge in [0.2, 0.25) is 5.91 Å². The highest BCUT2D eigenvalue weighted by molar-refractivity contribution is 5.75. The second kappa shape index (κ2) is 6.16. The average molecular weight is 259 g/mol. The van der Waals surface area contributed by atoms with Gasteiger partial charge in [-0.25, -0.2) is 4.98 Å². The Hall–Kier alpha value is -2.13. The molecule has 0 saturated carbocycles. The van der Waals surface area contributed by atoms with Crippen molar-refractivity contribution >= 4 is 11.6 Å². The number of likely N-dealkylation sites (tertiary alicyclic amines) is 1. The number of nitrogens with two attached hydrogens (primary N) is 1. The average Bonchev–Trinajstić information content (AvgIpc) is 2.41. The van der Waals surface area contributed by atoms with Gasteiger partial charge in [-0.05, 0) is 25.0 Å². The summed E-state index contributed by atoms with van der Waals surface area (Å²) in [5.74, 6) is -0.279. The fourth-order valence-electron chi connectivity index (χ4n) is 2.27. The van der Waals surface area contributed by atoms with Gasteiger partial charge < -0.3 is 11.1 Å². The zero-order valence-corrected chi connectivity index (χ0v) is 10.7. The van der Waals surface area contributed by atoms with E-state index in [2.05, 4.69) is 15.2 Å². The van der Waals surface area contributed by atoms with Gasteiger partial charge in [-0.2, -0.15) is 5.26 Å². The van der Waals surface area contributed by atoms with Crippen molar-refractivity contribution in [1.82, 2.24) is 9.88 Å². The molecule has 6 heteroatoms. The lowest BCUT2D eigenvalue weighted by Gasteiger charge is -2.32. The zero-order chi connectivity index (χ0) is 13.7. The summed E-state index contributed by atoms with van der Waals surface area (Å²) in [4.78, 5) is 16.8. The van der Waals surface area contributed by atoms with Gasteiger partial charge in [0.1, 0.15) is 11.8 Å². The largest absolute Gasteiger partial charge is 0.382 e. The summed E-state index contributed by atoms with van der Waals surface area (Å²) in [5, 5.41) is 12.2. The Kier molecular flexibility index (Phi) is 4.31. The molecule has 6 nitrogen and oxygen atoms in total. The maximum atomic E-state index is 10.8. The van der Waals surface area contributed by atoms with Crippen LogP contribution in [0.15, 0.2) is 18.3 Å². The van der Waals surface area contributed by atoms with E-state index in [0.29, 0.717) is 18.3 Å². The minimum absolute atomic E-state index is 0.279. The number of rotatable bonds is 4. The Bertz CT molecular complexity index is 488. The molecule has 0 bridgehead atoms. The lowest BCUT2D eigenvalue weighted by atomic mass is 10.0. The van der Waals surface area contributed by atoms with Crippen LogP contribution >= 0.6 is 0 Å². The molecule has 0 aliphatic carbocycles. The fourth-order valence-corrected chi connectivity index (χ4v) is 2.27. The third-order valence-corrected chi connectivity index (χ3v) is 3.21. The summed E-state index contributed by atoms with van der Waals surface area (Å²) in [6, 6.07) is 5.99. The summed E-state index contributed by atoms with van der Waals surface area (Å²) < 4.78 is 0. The molecule has 2 heterocycles. The van der Waals surface area contributed by atoms with E-state index in [1.165, 1.54) is 0 Å². The molecule has 1 aromatic heterocycles. The third kappa shape index (κ3) is 3.93. The number of nitrogens with one attached hydrogen (secondary N) is 1. The van der Waals surface area contributed by atoms with Crippen molar-refractivity contribution in [1.29, 1.82) is 5.26 Å². The zero-order valence-electron chi connectivity index (χ0n) is 10.7. The van der Waals surface area contributed by atoms with Crippen molar-refractivity contribution in [2.45, 2.75) is 18.9 Å². The van der Waals surface area contributed by atoms with Crippen molar-refractivity contribution in [2.24, 2.45) is 5.73 Å². The molecule has 0 spiro atoms. The van der Waals surface area contributed by atoms with Gasteiger partial charge in [0.15, 0.2) is 0 Å². The number of pyridine rings is 1. The SMILES string of the molecule is N#Cc1cc(NC2CCN(CC(N)=O)CC2)ccn1. The standard InChI is InChI=1S/C13H17N5O/c14-8-12-7-11(1-4-16-12)17-10-2-5-18(6-3-10)9-13(15)19/h1,4,7,10H,2-3,5-6,9H2,(H2,15,19)(H,16,17). The third-order valence-electron chi connectivity index (χ3n) is 3.21. The first-order valence-corrected chi connectivity index (χ1v) is 6.30. The quantitative estimate of drug-likeness (QED) is 0.811. The molecular weight excluding hydrogens is 242 g/mol. The van der Waals surface area contributed by atoms with Crippen molar-refractivity contribution < 1.29 is 4.79 Å². The molecule has 19 heavy (non-hydrogen) atoms. The maximum absolute atomic E-state index is 10.8. The number of nitriles is 1. The summed E-state index contributed by atoms with van der Waals surface area (Å²) >= 11 is 0. The van der Waals surface area contributed by atoms with Crippen LogP contribution in [0.1, 0.15) is 18.5 Å². The normalized spacial score (nSPS) is 16.8. The van der Waals surface area contributed by atoms with Crippen LogP contribution in [0.2, 0.25) is 0 Å². The van der Waals surface area contributed by atoms with Crippen molar-refractivity contribution in [3.05, 3.63) is 24.0 Å². The fraction of sp³-hybridized carbons (Fsp3) is 0.462. The van der Waals surface area contributed by atoms with E-state index >= 15 is 0 Å². The van der Waals surface area contributed by atoms with Gasteiger partial charge in [0.05, 0.1) is 6.54 Å². The van der Waals surface area contributed by atoms with Gasteiger partial charge in [-0.15, -0.1) is 0 Å². The Balaban J connectivity index is 1.85. The molecule has 100 valence electrons. The second-order valence-electron chi connectivity index (χ2n) is 4.70. The van der Waals surface area contributed by atoms with E-state index in [9.17, 15) is 4.79 Å². The molecule has 1 aliphatic rings. The van der Waals surface area contributed by atoms with Gasteiger partial charge in [0, 0.05) is 31.0 Å². The van der Waals surface area contributed by atoms with Gasteiger partial charge >= 0.3 is 0 Å². The highest BCUT2D eigenvalue weighted by atomic mass is 16.1. The van der Waals surface area contributed by atoms with Gasteiger partial charge in [-0.1, -0.05) is 0 Å². The van der Waals surface area contributed by atoms with E-state index < -0.39 is 0 Å². The van der Waals surface area contributed by atoms with E-state index in [0.717, 1.165) is 31.6 Å². The molecule has 0 atom stereocenters. The summed E-state index contributed by atoms with van der Waals surface area (Å²) in [7, 11) is 0. The van der Waals surface area contributed by atoms with Crippen LogP contribution in [0.5, 0.6) is 0 Å². The molecule has 2 rings (SSSR count). The second-order valence-corrected chi connectivity index (χ2v) is 4.70. The Morgan fingerprint density at radius 3 is 2.95 bits per heavy atom. The number of hydrogen-bond donors (Lipinski definition) is 2. The highest BCUT2D eigenvalue weighted by Gasteiger charge is 2.19. The molecule has 1 amide bonds. The first kappa shape index (κ1) is 13.3. The number of carbonyl (C=O) groups excluding carboxylic acids is 1. The molecule has 3 N–H and O–H groups in total. The van der Waals surface area contributed by atoms with Crippen molar-refractivity contribution in [3.63, 3.8) is 0 Å². The van der Waals surface area contributed by atoms with Crippen molar-refractivity contribution in [3.8, 4) is 6.07 Å². The molecule has 1 fully saturated rings. The van der Waals surface area contributed by atoms with Crippen LogP contribution in [-0.2, 0) is 4.79 Å². The predicted molar refractivity (Wildman–Crippen MR) is 71.2 cm³/mol. The van der Waals surface area contributed by atoms with Crippen LogP contribution in [0.3, 0.4) is 0 Å². The van der Waals surface area contributed by atoms with E-state index in [-0.39, 0.29) is 5.91 Å². The number of carbonyl (C=O) groups is 1.